The molecule has 0 aliphatic rings. The highest BCUT2D eigenvalue weighted by Gasteiger charge is 2.17. The molecule has 0 bridgehead atoms. The zero-order valence-electron chi connectivity index (χ0n) is 9.51. The average Bonchev–Trinajstić information content (AvgIpc) is 2.42. The standard InChI is InChI=1S/C12H12N2O4/c13-9-10(12(16)11(9)15)14-18-7-6-17-8-4-2-1-3-5-8/h1-5,14H,6-7,13H2. The van der Waals surface area contributed by atoms with Crippen molar-refractivity contribution >= 4 is 11.4 Å². The molecule has 0 heterocycles. The molecule has 2 rings (SSSR count). The molecule has 0 radical (unpaired) electrons. The Bertz CT molecular complexity index is 588. The second kappa shape index (κ2) is 5.33. The highest BCUT2D eigenvalue weighted by atomic mass is 16.7. The van der Waals surface area contributed by atoms with Crippen molar-refractivity contribution in [2.75, 3.05) is 24.4 Å². The van der Waals surface area contributed by atoms with Crippen LogP contribution in [0.3, 0.4) is 0 Å². The number of anilines is 2. The first-order chi connectivity index (χ1) is 8.70. The number of hydrogen-bond acceptors (Lipinski definition) is 6. The Balaban J connectivity index is 1.69. The van der Waals surface area contributed by atoms with Gasteiger partial charge in [0.1, 0.15) is 30.3 Å². The van der Waals surface area contributed by atoms with Gasteiger partial charge in [0.05, 0.1) is 0 Å². The van der Waals surface area contributed by atoms with E-state index in [4.69, 9.17) is 15.3 Å². The number of hydrogen-bond donors (Lipinski definition) is 2. The van der Waals surface area contributed by atoms with Gasteiger partial charge in [0, 0.05) is 0 Å². The Kier molecular flexibility index (Phi) is 3.59. The van der Waals surface area contributed by atoms with Gasteiger partial charge in [-0.25, -0.2) is 0 Å². The number of ether oxygens (including phenoxy) is 1. The van der Waals surface area contributed by atoms with E-state index < -0.39 is 10.9 Å². The quantitative estimate of drug-likeness (QED) is 0.433. The van der Waals surface area contributed by atoms with Crippen molar-refractivity contribution in [1.82, 2.24) is 0 Å². The van der Waals surface area contributed by atoms with Crippen LogP contribution in [0.2, 0.25) is 0 Å². The van der Waals surface area contributed by atoms with E-state index in [0.29, 0.717) is 6.61 Å². The molecule has 94 valence electrons. The molecule has 0 fully saturated rings. The molecule has 6 heteroatoms. The van der Waals surface area contributed by atoms with Crippen LogP contribution in [-0.4, -0.2) is 13.2 Å². The molecule has 0 saturated heterocycles. The molecule has 0 spiro atoms. The molecule has 18 heavy (non-hydrogen) atoms. The summed E-state index contributed by atoms with van der Waals surface area (Å²) in [6, 6.07) is 9.25. The molecule has 0 aromatic heterocycles. The summed E-state index contributed by atoms with van der Waals surface area (Å²) in [6.07, 6.45) is 0. The number of benzene rings is 1. The van der Waals surface area contributed by atoms with Crippen LogP contribution in [0.25, 0.3) is 0 Å². The van der Waals surface area contributed by atoms with Gasteiger partial charge >= 0.3 is 0 Å². The fourth-order valence-electron chi connectivity index (χ4n) is 1.35. The number of nitrogens with two attached hydrogens (primary N) is 1. The fraction of sp³-hybridized carbons (Fsp3) is 0.167. The third-order valence-corrected chi connectivity index (χ3v) is 2.32. The van der Waals surface area contributed by atoms with Crippen molar-refractivity contribution in [1.29, 1.82) is 0 Å². The van der Waals surface area contributed by atoms with Crippen molar-refractivity contribution in [2.45, 2.75) is 0 Å². The number of nitrogen functional groups attached to an aromatic ring is 1. The predicted molar refractivity (Wildman–Crippen MR) is 67.3 cm³/mol. The zero-order valence-corrected chi connectivity index (χ0v) is 9.51. The van der Waals surface area contributed by atoms with E-state index in [2.05, 4.69) is 5.48 Å². The van der Waals surface area contributed by atoms with E-state index in [-0.39, 0.29) is 18.0 Å². The van der Waals surface area contributed by atoms with Crippen LogP contribution in [0.1, 0.15) is 0 Å². The average molecular weight is 248 g/mol. The minimum absolute atomic E-state index is 0.0136. The molecule has 0 atom stereocenters. The molecule has 6 nitrogen and oxygen atoms in total. The first-order valence-corrected chi connectivity index (χ1v) is 5.34. The Morgan fingerprint density at radius 3 is 2.44 bits per heavy atom. The van der Waals surface area contributed by atoms with Gasteiger partial charge < -0.3 is 10.5 Å². The van der Waals surface area contributed by atoms with Crippen LogP contribution in [0.5, 0.6) is 5.75 Å². The van der Waals surface area contributed by atoms with E-state index in [1.807, 2.05) is 30.3 Å². The molecular formula is C12H12N2O4. The van der Waals surface area contributed by atoms with Crippen molar-refractivity contribution < 1.29 is 9.57 Å². The Morgan fingerprint density at radius 1 is 1.06 bits per heavy atom. The summed E-state index contributed by atoms with van der Waals surface area (Å²) < 4.78 is 5.35. The van der Waals surface area contributed by atoms with E-state index >= 15 is 0 Å². The predicted octanol–water partition coefficient (Wildman–Crippen LogP) is 0.287. The third kappa shape index (κ3) is 2.49. The maximum absolute atomic E-state index is 11.0. The van der Waals surface area contributed by atoms with Crippen LogP contribution < -0.4 is 26.8 Å². The van der Waals surface area contributed by atoms with Crippen molar-refractivity contribution in [3.05, 3.63) is 50.8 Å². The van der Waals surface area contributed by atoms with Gasteiger partial charge in [-0.1, -0.05) is 18.2 Å². The van der Waals surface area contributed by atoms with Gasteiger partial charge in [0.25, 0.3) is 10.9 Å². The van der Waals surface area contributed by atoms with Crippen LogP contribution in [0, 0.1) is 0 Å². The molecule has 0 unspecified atom stereocenters. The monoisotopic (exact) mass is 248 g/mol. The summed E-state index contributed by atoms with van der Waals surface area (Å²) >= 11 is 0. The maximum Gasteiger partial charge on any atom is 0.255 e. The van der Waals surface area contributed by atoms with Crippen LogP contribution in [0.15, 0.2) is 39.9 Å². The molecular weight excluding hydrogens is 236 g/mol. The summed E-state index contributed by atoms with van der Waals surface area (Å²) in [7, 11) is 0. The Labute approximate surface area is 103 Å². The van der Waals surface area contributed by atoms with Gasteiger partial charge in [-0.3, -0.25) is 19.9 Å². The number of nitrogens with one attached hydrogen (secondary N) is 1. The second-order valence-electron chi connectivity index (χ2n) is 3.56. The zero-order chi connectivity index (χ0) is 13.0. The Morgan fingerprint density at radius 2 is 1.78 bits per heavy atom. The molecule has 0 saturated carbocycles. The summed E-state index contributed by atoms with van der Waals surface area (Å²) in [6.45, 7) is 0.527. The van der Waals surface area contributed by atoms with Crippen molar-refractivity contribution in [3.63, 3.8) is 0 Å². The highest BCUT2D eigenvalue weighted by molar-refractivity contribution is 5.70. The van der Waals surface area contributed by atoms with Crippen LogP contribution in [0.4, 0.5) is 11.4 Å². The minimum Gasteiger partial charge on any atom is -0.491 e. The van der Waals surface area contributed by atoms with Crippen LogP contribution in [-0.2, 0) is 4.84 Å². The largest absolute Gasteiger partial charge is 0.491 e. The van der Waals surface area contributed by atoms with Gasteiger partial charge in [-0.2, -0.15) is 0 Å². The topological polar surface area (TPSA) is 90.7 Å². The van der Waals surface area contributed by atoms with E-state index in [0.717, 1.165) is 5.75 Å². The maximum atomic E-state index is 11.0. The second-order valence-corrected chi connectivity index (χ2v) is 3.56. The molecule has 0 amide bonds. The SMILES string of the molecule is Nc1c(NOCCOc2ccccc2)c(=O)c1=O. The smallest absolute Gasteiger partial charge is 0.255 e. The summed E-state index contributed by atoms with van der Waals surface area (Å²) in [4.78, 5) is 26.8. The number of para-hydroxylation sites is 1. The van der Waals surface area contributed by atoms with E-state index in [9.17, 15) is 9.59 Å². The van der Waals surface area contributed by atoms with Gasteiger partial charge in [-0.05, 0) is 12.1 Å². The first-order valence-electron chi connectivity index (χ1n) is 5.34. The molecule has 2 aromatic rings. The number of rotatable bonds is 6. The van der Waals surface area contributed by atoms with E-state index in [1.165, 1.54) is 0 Å². The molecule has 3 N–H and O–H groups in total. The summed E-state index contributed by atoms with van der Waals surface area (Å²) in [5.41, 5.74) is 6.22. The lowest BCUT2D eigenvalue weighted by Crippen LogP contribution is -2.37. The van der Waals surface area contributed by atoms with Gasteiger partial charge in [0.2, 0.25) is 0 Å². The minimum atomic E-state index is -0.679. The van der Waals surface area contributed by atoms with Crippen molar-refractivity contribution in [2.24, 2.45) is 0 Å². The summed E-state index contributed by atoms with van der Waals surface area (Å²) in [5.74, 6) is 0.731. The highest BCUT2D eigenvalue weighted by Crippen LogP contribution is 2.09. The lowest BCUT2D eigenvalue weighted by atomic mass is 10.2. The van der Waals surface area contributed by atoms with Gasteiger partial charge in [0.15, 0.2) is 0 Å². The molecule has 2 aromatic carbocycles. The molecule has 0 aliphatic carbocycles. The van der Waals surface area contributed by atoms with Crippen molar-refractivity contribution in [3.8, 4) is 5.75 Å². The fourth-order valence-corrected chi connectivity index (χ4v) is 1.35. The van der Waals surface area contributed by atoms with E-state index in [1.54, 1.807) is 0 Å². The van der Waals surface area contributed by atoms with Crippen LogP contribution >= 0.6 is 0 Å². The summed E-state index contributed by atoms with van der Waals surface area (Å²) in [5, 5.41) is 0. The first kappa shape index (κ1) is 12.1. The third-order valence-electron chi connectivity index (χ3n) is 2.32. The Hall–Kier alpha value is -2.34. The lowest BCUT2D eigenvalue weighted by molar-refractivity contribution is 0.143. The molecule has 0 aliphatic heterocycles. The normalized spacial score (nSPS) is 10.4. The lowest BCUT2D eigenvalue weighted by Gasteiger charge is -2.10. The van der Waals surface area contributed by atoms with Gasteiger partial charge in [-0.15, -0.1) is 0 Å².